The van der Waals surface area contributed by atoms with Crippen molar-refractivity contribution in [1.29, 1.82) is 0 Å². The van der Waals surface area contributed by atoms with Gasteiger partial charge in [0.25, 0.3) is 0 Å². The normalized spacial score (nSPS) is 23.1. The van der Waals surface area contributed by atoms with Crippen molar-refractivity contribution in [3.05, 3.63) is 0 Å². The fourth-order valence-electron chi connectivity index (χ4n) is 1.88. The van der Waals surface area contributed by atoms with Gasteiger partial charge in [-0.2, -0.15) is 11.8 Å². The average molecular weight is 305 g/mol. The fraction of sp³-hybridized carbons (Fsp3) is 0.727. The van der Waals surface area contributed by atoms with Crippen LogP contribution in [0.25, 0.3) is 0 Å². The number of amides is 3. The molecule has 0 spiro atoms. The second-order valence-corrected chi connectivity index (χ2v) is 5.51. The summed E-state index contributed by atoms with van der Waals surface area (Å²) in [6, 6.07) is -1.67. The lowest BCUT2D eigenvalue weighted by Crippen LogP contribution is -2.60. The van der Waals surface area contributed by atoms with E-state index in [0.29, 0.717) is 12.2 Å². The third kappa shape index (κ3) is 4.27. The van der Waals surface area contributed by atoms with Gasteiger partial charge in [-0.1, -0.05) is 0 Å². The molecule has 1 aliphatic heterocycles. The molecule has 0 aromatic carbocycles. The summed E-state index contributed by atoms with van der Waals surface area (Å²) in [4.78, 5) is 34.4. The van der Waals surface area contributed by atoms with Crippen molar-refractivity contribution in [3.63, 3.8) is 0 Å². The Morgan fingerprint density at radius 2 is 2.20 bits per heavy atom. The van der Waals surface area contributed by atoms with Crippen molar-refractivity contribution in [2.75, 3.05) is 25.2 Å². The van der Waals surface area contributed by atoms with Gasteiger partial charge in [-0.3, -0.25) is 4.79 Å². The summed E-state index contributed by atoms with van der Waals surface area (Å²) in [6.07, 6.45) is 2.43. The molecule has 8 nitrogen and oxygen atoms in total. The Hall–Kier alpha value is -1.48. The highest BCUT2D eigenvalue weighted by molar-refractivity contribution is 7.98. The van der Waals surface area contributed by atoms with Crippen LogP contribution in [0.3, 0.4) is 0 Å². The molecule has 1 rings (SSSR count). The molecular formula is C11H19N3O5S. The maximum absolute atomic E-state index is 12.1. The fourth-order valence-corrected chi connectivity index (χ4v) is 2.36. The van der Waals surface area contributed by atoms with Crippen LogP contribution in [-0.2, 0) is 14.3 Å². The van der Waals surface area contributed by atoms with Crippen LogP contribution >= 0.6 is 11.8 Å². The molecule has 1 fully saturated rings. The predicted octanol–water partition coefficient (Wildman–Crippen LogP) is -0.864. The number of carboxylic acid groups (broad SMARTS) is 1. The molecule has 3 amide bonds. The summed E-state index contributed by atoms with van der Waals surface area (Å²) in [5.74, 6) is -1.08. The summed E-state index contributed by atoms with van der Waals surface area (Å²) < 4.78 is 5.05. The van der Waals surface area contributed by atoms with E-state index >= 15 is 0 Å². The Morgan fingerprint density at radius 1 is 1.50 bits per heavy atom. The summed E-state index contributed by atoms with van der Waals surface area (Å²) in [7, 11) is 0. The molecule has 0 radical (unpaired) electrons. The van der Waals surface area contributed by atoms with Gasteiger partial charge < -0.3 is 26.2 Å². The van der Waals surface area contributed by atoms with Gasteiger partial charge in [0.15, 0.2) is 5.54 Å². The number of carbonyl (C=O) groups is 3. The lowest BCUT2D eigenvalue weighted by molar-refractivity contribution is -0.147. The van der Waals surface area contributed by atoms with Crippen LogP contribution in [0, 0.1) is 0 Å². The number of carbonyl (C=O) groups excluding carboxylic acids is 2. The third-order valence-corrected chi connectivity index (χ3v) is 3.68. The van der Waals surface area contributed by atoms with Crippen molar-refractivity contribution in [3.8, 4) is 0 Å². The largest absolute Gasteiger partial charge is 0.479 e. The molecule has 20 heavy (non-hydrogen) atoms. The van der Waals surface area contributed by atoms with Gasteiger partial charge in [-0.25, -0.2) is 9.59 Å². The minimum absolute atomic E-state index is 0.0834. The summed E-state index contributed by atoms with van der Waals surface area (Å²) >= 11 is 1.51. The molecule has 1 aliphatic rings. The van der Waals surface area contributed by atoms with E-state index < -0.39 is 29.5 Å². The van der Waals surface area contributed by atoms with E-state index in [1.165, 1.54) is 11.8 Å². The molecule has 5 N–H and O–H groups in total. The molecule has 9 heteroatoms. The monoisotopic (exact) mass is 305 g/mol. The first-order valence-electron chi connectivity index (χ1n) is 6.09. The van der Waals surface area contributed by atoms with Gasteiger partial charge in [0, 0.05) is 13.0 Å². The van der Waals surface area contributed by atoms with Gasteiger partial charge >= 0.3 is 12.0 Å². The summed E-state index contributed by atoms with van der Waals surface area (Å²) in [6.45, 7) is 0.186. The molecule has 114 valence electrons. The number of aliphatic carboxylic acids is 1. The van der Waals surface area contributed by atoms with Crippen LogP contribution in [0.2, 0.25) is 0 Å². The Labute approximate surface area is 120 Å². The molecule has 2 atom stereocenters. The molecule has 0 aromatic heterocycles. The number of hydrogen-bond donors (Lipinski definition) is 4. The number of rotatable bonds is 7. The Morgan fingerprint density at radius 3 is 2.65 bits per heavy atom. The van der Waals surface area contributed by atoms with Gasteiger partial charge in [0.2, 0.25) is 5.91 Å². The van der Waals surface area contributed by atoms with Crippen LogP contribution in [-0.4, -0.2) is 59.8 Å². The van der Waals surface area contributed by atoms with Gasteiger partial charge in [0.1, 0.15) is 6.04 Å². The van der Waals surface area contributed by atoms with Crippen molar-refractivity contribution in [2.24, 2.45) is 5.73 Å². The maximum Gasteiger partial charge on any atom is 0.331 e. The summed E-state index contributed by atoms with van der Waals surface area (Å²) in [5, 5.41) is 14.0. The number of primary amides is 1. The van der Waals surface area contributed by atoms with E-state index in [0.717, 1.165) is 0 Å². The SMILES string of the molecule is CSCCC(NC(N)=O)C(=O)NC1(C(=O)O)CCOC1. The summed E-state index contributed by atoms with van der Waals surface area (Å²) in [5.41, 5.74) is 3.60. The quantitative estimate of drug-likeness (QED) is 0.484. The van der Waals surface area contributed by atoms with E-state index in [4.69, 9.17) is 10.5 Å². The lowest BCUT2D eigenvalue weighted by Gasteiger charge is -2.26. The van der Waals surface area contributed by atoms with Crippen LogP contribution in [0.15, 0.2) is 0 Å². The third-order valence-electron chi connectivity index (χ3n) is 3.04. The molecule has 2 unspecified atom stereocenters. The second kappa shape index (κ2) is 7.34. The van der Waals surface area contributed by atoms with Crippen LogP contribution in [0.4, 0.5) is 4.79 Å². The first kappa shape index (κ1) is 16.6. The highest BCUT2D eigenvalue weighted by Gasteiger charge is 2.44. The number of carboxylic acids is 1. The van der Waals surface area contributed by atoms with E-state index in [1.807, 2.05) is 6.26 Å². The number of nitrogens with one attached hydrogen (secondary N) is 2. The minimum Gasteiger partial charge on any atom is -0.479 e. The number of thioether (sulfide) groups is 1. The number of ether oxygens (including phenoxy) is 1. The standard InChI is InChI=1S/C11H19N3O5S/c1-20-5-2-7(13-10(12)18)8(15)14-11(9(16)17)3-4-19-6-11/h7H,2-6H2,1H3,(H,14,15)(H,16,17)(H3,12,13,18). The Balaban J connectivity index is 2.72. The van der Waals surface area contributed by atoms with Crippen LogP contribution in [0.1, 0.15) is 12.8 Å². The molecule has 0 aromatic rings. The first-order valence-corrected chi connectivity index (χ1v) is 7.49. The zero-order chi connectivity index (χ0) is 15.2. The number of urea groups is 1. The maximum atomic E-state index is 12.1. The second-order valence-electron chi connectivity index (χ2n) is 4.52. The molecular weight excluding hydrogens is 286 g/mol. The Bertz CT molecular complexity index is 384. The van der Waals surface area contributed by atoms with Crippen molar-refractivity contribution >= 4 is 29.7 Å². The van der Waals surface area contributed by atoms with Gasteiger partial charge in [-0.15, -0.1) is 0 Å². The van der Waals surface area contributed by atoms with E-state index in [2.05, 4.69) is 10.6 Å². The molecule has 0 bridgehead atoms. The predicted molar refractivity (Wildman–Crippen MR) is 73.5 cm³/mol. The van der Waals surface area contributed by atoms with Gasteiger partial charge in [-0.05, 0) is 18.4 Å². The van der Waals surface area contributed by atoms with Crippen LogP contribution in [0.5, 0.6) is 0 Å². The van der Waals surface area contributed by atoms with Gasteiger partial charge in [0.05, 0.1) is 6.61 Å². The van der Waals surface area contributed by atoms with E-state index in [9.17, 15) is 19.5 Å². The Kier molecular flexibility index (Phi) is 6.08. The molecule has 1 saturated heterocycles. The minimum atomic E-state index is -1.42. The van der Waals surface area contributed by atoms with E-state index in [-0.39, 0.29) is 19.6 Å². The highest BCUT2D eigenvalue weighted by atomic mass is 32.2. The number of hydrogen-bond acceptors (Lipinski definition) is 5. The number of nitrogens with two attached hydrogens (primary N) is 1. The molecule has 0 aliphatic carbocycles. The lowest BCUT2D eigenvalue weighted by atomic mass is 9.98. The van der Waals surface area contributed by atoms with Crippen molar-refractivity contribution in [2.45, 2.75) is 24.4 Å². The zero-order valence-corrected chi connectivity index (χ0v) is 12.0. The first-order chi connectivity index (χ1) is 9.41. The average Bonchev–Trinajstić information content (AvgIpc) is 2.83. The topological polar surface area (TPSA) is 131 Å². The van der Waals surface area contributed by atoms with E-state index in [1.54, 1.807) is 0 Å². The van der Waals surface area contributed by atoms with Crippen molar-refractivity contribution < 1.29 is 24.2 Å². The zero-order valence-electron chi connectivity index (χ0n) is 11.2. The van der Waals surface area contributed by atoms with Crippen molar-refractivity contribution in [1.82, 2.24) is 10.6 Å². The highest BCUT2D eigenvalue weighted by Crippen LogP contribution is 2.19. The molecule has 1 heterocycles. The van der Waals surface area contributed by atoms with Crippen LogP contribution < -0.4 is 16.4 Å². The molecule has 0 saturated carbocycles. The smallest absolute Gasteiger partial charge is 0.331 e.